The van der Waals surface area contributed by atoms with Crippen LogP contribution in [0, 0.1) is 5.92 Å². The van der Waals surface area contributed by atoms with Crippen molar-refractivity contribution in [3.8, 4) is 0 Å². The van der Waals surface area contributed by atoms with Crippen molar-refractivity contribution in [2.75, 3.05) is 17.7 Å². The van der Waals surface area contributed by atoms with Crippen molar-refractivity contribution in [2.45, 2.75) is 45.7 Å². The number of alkyl halides is 3. The highest BCUT2D eigenvalue weighted by atomic mass is 35.5. The Morgan fingerprint density at radius 2 is 2.00 bits per heavy atom. The molecule has 0 aliphatic heterocycles. The van der Waals surface area contributed by atoms with Crippen molar-refractivity contribution in [2.24, 2.45) is 13.0 Å². The van der Waals surface area contributed by atoms with Gasteiger partial charge in [-0.3, -0.25) is 4.79 Å². The molecule has 0 radical (unpaired) electrons. The van der Waals surface area contributed by atoms with E-state index in [-0.39, 0.29) is 23.5 Å². The number of hydrogen-bond acceptors (Lipinski definition) is 5. The Hall–Kier alpha value is -2.81. The zero-order valence-electron chi connectivity index (χ0n) is 19.0. The highest BCUT2D eigenvalue weighted by Crippen LogP contribution is 2.36. The average Bonchev–Trinajstić information content (AvgIpc) is 3.08. The summed E-state index contributed by atoms with van der Waals surface area (Å²) in [5.41, 5.74) is 0.837. The SMILES string of the molecule is CCCCC(CC)C(=O)c1cn(C)c2cc(Nc3ncc(C(F)(F)F)c(NC)n3)c(Cl)cc12. The molecule has 3 aromatic rings. The van der Waals surface area contributed by atoms with Crippen LogP contribution >= 0.6 is 11.6 Å². The lowest BCUT2D eigenvalue weighted by Gasteiger charge is -2.14. The van der Waals surface area contributed by atoms with Gasteiger partial charge in [0.1, 0.15) is 11.4 Å². The number of aromatic nitrogens is 3. The molecule has 2 heterocycles. The predicted molar refractivity (Wildman–Crippen MR) is 125 cm³/mol. The number of rotatable bonds is 9. The van der Waals surface area contributed by atoms with Gasteiger partial charge in [-0.1, -0.05) is 38.3 Å². The molecule has 178 valence electrons. The number of anilines is 3. The van der Waals surface area contributed by atoms with Gasteiger partial charge in [-0.15, -0.1) is 0 Å². The Bertz CT molecular complexity index is 1160. The second-order valence-electron chi connectivity index (χ2n) is 7.94. The van der Waals surface area contributed by atoms with E-state index >= 15 is 0 Å². The fourth-order valence-electron chi connectivity index (χ4n) is 3.85. The molecule has 0 saturated heterocycles. The van der Waals surface area contributed by atoms with Gasteiger partial charge in [-0.25, -0.2) is 4.98 Å². The summed E-state index contributed by atoms with van der Waals surface area (Å²) in [6.07, 6.45) is 1.57. The molecule has 1 atom stereocenters. The van der Waals surface area contributed by atoms with Crippen LogP contribution in [0.3, 0.4) is 0 Å². The van der Waals surface area contributed by atoms with Gasteiger partial charge in [0.15, 0.2) is 5.78 Å². The Morgan fingerprint density at radius 3 is 2.61 bits per heavy atom. The molecule has 1 unspecified atom stereocenters. The fourth-order valence-corrected chi connectivity index (χ4v) is 4.06. The molecule has 33 heavy (non-hydrogen) atoms. The van der Waals surface area contributed by atoms with E-state index in [0.29, 0.717) is 22.5 Å². The molecule has 3 rings (SSSR count). The van der Waals surface area contributed by atoms with Crippen LogP contribution in [0.4, 0.5) is 30.6 Å². The highest BCUT2D eigenvalue weighted by Gasteiger charge is 2.35. The first-order chi connectivity index (χ1) is 15.6. The molecule has 0 bridgehead atoms. The summed E-state index contributed by atoms with van der Waals surface area (Å²) in [5, 5.41) is 6.37. The van der Waals surface area contributed by atoms with Gasteiger partial charge in [0, 0.05) is 43.4 Å². The van der Waals surface area contributed by atoms with Crippen LogP contribution in [0.25, 0.3) is 10.9 Å². The third-order valence-corrected chi connectivity index (χ3v) is 6.00. The second-order valence-corrected chi connectivity index (χ2v) is 8.35. The highest BCUT2D eigenvalue weighted by molar-refractivity contribution is 6.34. The molecule has 0 fully saturated rings. The van der Waals surface area contributed by atoms with Crippen molar-refractivity contribution >= 4 is 45.7 Å². The zero-order chi connectivity index (χ0) is 24.3. The average molecular weight is 482 g/mol. The second kappa shape index (κ2) is 9.99. The Balaban J connectivity index is 1.97. The number of nitrogens with zero attached hydrogens (tertiary/aromatic N) is 3. The van der Waals surface area contributed by atoms with Crippen LogP contribution < -0.4 is 10.6 Å². The maximum Gasteiger partial charge on any atom is 0.421 e. The van der Waals surface area contributed by atoms with Crippen LogP contribution in [0.1, 0.15) is 55.5 Å². The topological polar surface area (TPSA) is 71.8 Å². The van der Waals surface area contributed by atoms with Gasteiger partial charge >= 0.3 is 6.18 Å². The maximum atomic E-state index is 13.2. The van der Waals surface area contributed by atoms with Crippen LogP contribution in [0.5, 0.6) is 0 Å². The summed E-state index contributed by atoms with van der Waals surface area (Å²) in [5.74, 6) is -0.336. The van der Waals surface area contributed by atoms with Gasteiger partial charge in [-0.2, -0.15) is 18.2 Å². The van der Waals surface area contributed by atoms with E-state index in [2.05, 4.69) is 27.5 Å². The number of aryl methyl sites for hydroxylation is 1. The van der Waals surface area contributed by atoms with E-state index in [1.807, 2.05) is 18.5 Å². The Labute approximate surface area is 195 Å². The molecule has 2 N–H and O–H groups in total. The normalized spacial score (nSPS) is 12.7. The Kier molecular flexibility index (Phi) is 7.51. The van der Waals surface area contributed by atoms with E-state index in [1.54, 1.807) is 18.3 Å². The zero-order valence-corrected chi connectivity index (χ0v) is 19.7. The summed E-state index contributed by atoms with van der Waals surface area (Å²) >= 11 is 6.48. The van der Waals surface area contributed by atoms with Crippen molar-refractivity contribution in [1.29, 1.82) is 0 Å². The van der Waals surface area contributed by atoms with Gasteiger partial charge < -0.3 is 15.2 Å². The summed E-state index contributed by atoms with van der Waals surface area (Å²) in [6, 6.07) is 3.43. The van der Waals surface area contributed by atoms with Crippen LogP contribution in [-0.4, -0.2) is 27.4 Å². The third kappa shape index (κ3) is 5.24. The molecule has 10 heteroatoms. The van der Waals surface area contributed by atoms with Crippen molar-refractivity contribution in [1.82, 2.24) is 14.5 Å². The standard InChI is InChI=1S/C23H27ClF3N5O/c1-5-7-8-13(6-2)20(33)15-12-32(4)19-10-18(17(24)9-14(15)19)30-22-29-11-16(23(25,26)27)21(28-3)31-22/h9-13H,5-8H2,1-4H3,(H2,28,29,30,31). The molecule has 0 saturated carbocycles. The lowest BCUT2D eigenvalue weighted by atomic mass is 9.90. The molecule has 6 nitrogen and oxygen atoms in total. The van der Waals surface area contributed by atoms with Gasteiger partial charge in [0.2, 0.25) is 5.95 Å². The van der Waals surface area contributed by atoms with E-state index < -0.39 is 11.7 Å². The van der Waals surface area contributed by atoms with E-state index in [4.69, 9.17) is 11.6 Å². The van der Waals surface area contributed by atoms with Crippen LogP contribution in [-0.2, 0) is 13.2 Å². The Morgan fingerprint density at radius 1 is 1.27 bits per heavy atom. The molecule has 0 amide bonds. The number of unbranched alkanes of at least 4 members (excludes halogenated alkanes) is 1. The summed E-state index contributed by atoms with van der Waals surface area (Å²) in [4.78, 5) is 20.9. The third-order valence-electron chi connectivity index (χ3n) is 5.69. The monoisotopic (exact) mass is 481 g/mol. The quantitative estimate of drug-likeness (QED) is 0.328. The number of benzene rings is 1. The van der Waals surface area contributed by atoms with Crippen molar-refractivity contribution < 1.29 is 18.0 Å². The lowest BCUT2D eigenvalue weighted by molar-refractivity contribution is -0.137. The lowest BCUT2D eigenvalue weighted by Crippen LogP contribution is -2.13. The number of carbonyl (C=O) groups is 1. The van der Waals surface area contributed by atoms with Crippen LogP contribution in [0.2, 0.25) is 5.02 Å². The minimum atomic E-state index is -4.58. The van der Waals surface area contributed by atoms with E-state index in [1.165, 1.54) is 7.05 Å². The number of carbonyl (C=O) groups excluding carboxylic acids is 1. The smallest absolute Gasteiger partial charge is 0.372 e. The number of fused-ring (bicyclic) bond motifs is 1. The molecule has 0 aliphatic rings. The summed E-state index contributed by atoms with van der Waals surface area (Å²) in [7, 11) is 3.19. The van der Waals surface area contributed by atoms with Gasteiger partial charge in [-0.05, 0) is 25.0 Å². The first kappa shape index (κ1) is 24.8. The summed E-state index contributed by atoms with van der Waals surface area (Å²) in [6.45, 7) is 4.12. The molecular formula is C23H27ClF3N5O. The summed E-state index contributed by atoms with van der Waals surface area (Å²) < 4.78 is 41.1. The van der Waals surface area contributed by atoms with Crippen LogP contribution in [0.15, 0.2) is 24.5 Å². The molecule has 2 aromatic heterocycles. The first-order valence-corrected chi connectivity index (χ1v) is 11.2. The van der Waals surface area contributed by atoms with Crippen molar-refractivity contribution in [3.05, 3.63) is 40.7 Å². The van der Waals surface area contributed by atoms with Gasteiger partial charge in [0.05, 0.1) is 16.2 Å². The number of nitrogens with one attached hydrogen (secondary N) is 2. The number of halogens is 4. The molecule has 0 aliphatic carbocycles. The van der Waals surface area contributed by atoms with E-state index in [9.17, 15) is 18.0 Å². The number of Topliss-reactive ketones (excluding diaryl/α,β-unsaturated/α-hetero) is 1. The van der Waals surface area contributed by atoms with Crippen molar-refractivity contribution in [3.63, 3.8) is 0 Å². The predicted octanol–water partition coefficient (Wildman–Crippen LogP) is 6.82. The number of hydrogen-bond donors (Lipinski definition) is 2. The maximum absolute atomic E-state index is 13.2. The molecule has 0 spiro atoms. The minimum Gasteiger partial charge on any atom is -0.372 e. The minimum absolute atomic E-state index is 0.0373. The van der Waals surface area contributed by atoms with E-state index in [0.717, 1.165) is 36.6 Å². The molecular weight excluding hydrogens is 455 g/mol. The fraction of sp³-hybridized carbons (Fsp3) is 0.435. The van der Waals surface area contributed by atoms with Gasteiger partial charge in [0.25, 0.3) is 0 Å². The first-order valence-electron chi connectivity index (χ1n) is 10.8. The number of ketones is 1. The largest absolute Gasteiger partial charge is 0.421 e. The molecule has 1 aromatic carbocycles.